The Bertz CT molecular complexity index is 753. The summed E-state index contributed by atoms with van der Waals surface area (Å²) in [7, 11) is 3.34. The predicted octanol–water partition coefficient (Wildman–Crippen LogP) is 2.24. The molecule has 1 aliphatic rings. The standard InChI is InChI=1S/C20H25N3O3/c1-25-18-7-8-19(26-2)16(13-18)14-22-9-11-23(12-10-22)20(24)15-3-5-17(21)6-4-15/h3-8,13H,9-12,14,21H2,1-2H3. The number of carbonyl (C=O) groups is 1. The Hall–Kier alpha value is -2.73. The quantitative estimate of drug-likeness (QED) is 0.833. The Labute approximate surface area is 154 Å². The number of hydrogen-bond acceptors (Lipinski definition) is 5. The number of carbonyl (C=O) groups excluding carboxylic acids is 1. The summed E-state index contributed by atoms with van der Waals surface area (Å²) in [6.07, 6.45) is 0. The van der Waals surface area contributed by atoms with Crippen LogP contribution in [0.2, 0.25) is 0 Å². The number of nitrogens with zero attached hydrogens (tertiary/aromatic N) is 2. The van der Waals surface area contributed by atoms with Crippen LogP contribution in [0.1, 0.15) is 15.9 Å². The SMILES string of the molecule is COc1ccc(OC)c(CN2CCN(C(=O)c3ccc(N)cc3)CC2)c1. The Kier molecular flexibility index (Phi) is 5.63. The number of anilines is 1. The lowest BCUT2D eigenvalue weighted by atomic mass is 10.1. The molecule has 26 heavy (non-hydrogen) atoms. The predicted molar refractivity (Wildman–Crippen MR) is 102 cm³/mol. The van der Waals surface area contributed by atoms with Crippen molar-refractivity contribution in [3.8, 4) is 11.5 Å². The summed E-state index contributed by atoms with van der Waals surface area (Å²) in [4.78, 5) is 16.8. The lowest BCUT2D eigenvalue weighted by molar-refractivity contribution is 0.0627. The first kappa shape index (κ1) is 18.1. The second-order valence-corrected chi connectivity index (χ2v) is 6.37. The third-order valence-corrected chi connectivity index (χ3v) is 4.70. The highest BCUT2D eigenvalue weighted by atomic mass is 16.5. The number of nitrogen functional groups attached to an aromatic ring is 1. The van der Waals surface area contributed by atoms with Crippen molar-refractivity contribution in [3.63, 3.8) is 0 Å². The van der Waals surface area contributed by atoms with Gasteiger partial charge >= 0.3 is 0 Å². The normalized spacial score (nSPS) is 14.9. The van der Waals surface area contributed by atoms with Crippen LogP contribution in [0.25, 0.3) is 0 Å². The number of nitrogens with two attached hydrogens (primary N) is 1. The zero-order valence-corrected chi connectivity index (χ0v) is 15.3. The van der Waals surface area contributed by atoms with Gasteiger partial charge in [0.15, 0.2) is 0 Å². The molecular formula is C20H25N3O3. The van der Waals surface area contributed by atoms with E-state index in [0.717, 1.165) is 36.7 Å². The van der Waals surface area contributed by atoms with E-state index in [4.69, 9.17) is 15.2 Å². The highest BCUT2D eigenvalue weighted by molar-refractivity contribution is 5.94. The van der Waals surface area contributed by atoms with E-state index in [1.54, 1.807) is 38.5 Å². The van der Waals surface area contributed by atoms with Gasteiger partial charge in [-0.3, -0.25) is 9.69 Å². The molecule has 1 amide bonds. The molecule has 2 N–H and O–H groups in total. The zero-order valence-electron chi connectivity index (χ0n) is 15.3. The van der Waals surface area contributed by atoms with Crippen LogP contribution in [0.15, 0.2) is 42.5 Å². The zero-order chi connectivity index (χ0) is 18.5. The minimum Gasteiger partial charge on any atom is -0.497 e. The molecule has 2 aromatic carbocycles. The lowest BCUT2D eigenvalue weighted by Gasteiger charge is -2.35. The summed E-state index contributed by atoms with van der Waals surface area (Å²) in [5, 5.41) is 0. The molecule has 0 unspecified atom stereocenters. The Morgan fingerprint density at radius 3 is 2.31 bits per heavy atom. The Morgan fingerprint density at radius 2 is 1.69 bits per heavy atom. The molecule has 1 aliphatic heterocycles. The molecule has 0 saturated carbocycles. The fourth-order valence-corrected chi connectivity index (χ4v) is 3.16. The van der Waals surface area contributed by atoms with Crippen LogP contribution in [0.3, 0.4) is 0 Å². The largest absolute Gasteiger partial charge is 0.497 e. The van der Waals surface area contributed by atoms with Crippen LogP contribution < -0.4 is 15.2 Å². The summed E-state index contributed by atoms with van der Waals surface area (Å²) in [6, 6.07) is 12.9. The molecule has 6 heteroatoms. The Morgan fingerprint density at radius 1 is 1.00 bits per heavy atom. The number of piperazine rings is 1. The van der Waals surface area contributed by atoms with E-state index < -0.39 is 0 Å². The van der Waals surface area contributed by atoms with Crippen LogP contribution >= 0.6 is 0 Å². The highest BCUT2D eigenvalue weighted by Gasteiger charge is 2.23. The van der Waals surface area contributed by atoms with Crippen molar-refractivity contribution in [2.24, 2.45) is 0 Å². The van der Waals surface area contributed by atoms with Crippen LogP contribution in [0, 0.1) is 0 Å². The first-order valence-corrected chi connectivity index (χ1v) is 8.69. The van der Waals surface area contributed by atoms with Crippen molar-refractivity contribution in [1.82, 2.24) is 9.80 Å². The van der Waals surface area contributed by atoms with Crippen LogP contribution in [-0.4, -0.2) is 56.1 Å². The highest BCUT2D eigenvalue weighted by Crippen LogP contribution is 2.25. The van der Waals surface area contributed by atoms with Gasteiger partial charge in [0.25, 0.3) is 5.91 Å². The van der Waals surface area contributed by atoms with Gasteiger partial charge < -0.3 is 20.1 Å². The number of rotatable bonds is 5. The molecule has 0 bridgehead atoms. The van der Waals surface area contributed by atoms with Crippen molar-refractivity contribution < 1.29 is 14.3 Å². The molecule has 1 fully saturated rings. The maximum absolute atomic E-state index is 12.6. The van der Waals surface area contributed by atoms with Crippen LogP contribution in [0.4, 0.5) is 5.69 Å². The minimum absolute atomic E-state index is 0.0589. The summed E-state index contributed by atoms with van der Waals surface area (Å²) in [6.45, 7) is 3.82. The van der Waals surface area contributed by atoms with Gasteiger partial charge in [0, 0.05) is 49.5 Å². The van der Waals surface area contributed by atoms with Crippen LogP contribution in [-0.2, 0) is 6.54 Å². The van der Waals surface area contributed by atoms with E-state index >= 15 is 0 Å². The van der Waals surface area contributed by atoms with E-state index in [9.17, 15) is 4.79 Å². The molecule has 1 heterocycles. The molecule has 0 spiro atoms. The molecule has 6 nitrogen and oxygen atoms in total. The number of amides is 1. The van der Waals surface area contributed by atoms with Crippen molar-refractivity contribution in [2.45, 2.75) is 6.54 Å². The van der Waals surface area contributed by atoms with E-state index in [-0.39, 0.29) is 5.91 Å². The second kappa shape index (κ2) is 8.10. The van der Waals surface area contributed by atoms with E-state index in [0.29, 0.717) is 24.3 Å². The van der Waals surface area contributed by atoms with E-state index in [2.05, 4.69) is 4.90 Å². The monoisotopic (exact) mass is 355 g/mol. The average Bonchev–Trinajstić information content (AvgIpc) is 2.68. The molecule has 2 aromatic rings. The number of benzene rings is 2. The average molecular weight is 355 g/mol. The van der Waals surface area contributed by atoms with Gasteiger partial charge in [0.1, 0.15) is 11.5 Å². The molecule has 0 atom stereocenters. The maximum Gasteiger partial charge on any atom is 0.253 e. The van der Waals surface area contributed by atoms with Gasteiger partial charge in [-0.1, -0.05) is 0 Å². The summed E-state index contributed by atoms with van der Waals surface area (Å²) in [5.41, 5.74) is 8.13. The lowest BCUT2D eigenvalue weighted by Crippen LogP contribution is -2.48. The Balaban J connectivity index is 1.60. The minimum atomic E-state index is 0.0589. The van der Waals surface area contributed by atoms with Gasteiger partial charge in [-0.2, -0.15) is 0 Å². The molecule has 138 valence electrons. The third-order valence-electron chi connectivity index (χ3n) is 4.70. The van der Waals surface area contributed by atoms with Gasteiger partial charge in [0.2, 0.25) is 0 Å². The maximum atomic E-state index is 12.6. The van der Waals surface area contributed by atoms with Crippen LogP contribution in [0.5, 0.6) is 11.5 Å². The van der Waals surface area contributed by atoms with Gasteiger partial charge in [-0.25, -0.2) is 0 Å². The summed E-state index contributed by atoms with van der Waals surface area (Å²) in [5.74, 6) is 1.73. The van der Waals surface area contributed by atoms with E-state index in [1.807, 2.05) is 23.1 Å². The summed E-state index contributed by atoms with van der Waals surface area (Å²) >= 11 is 0. The van der Waals surface area contributed by atoms with Gasteiger partial charge in [0.05, 0.1) is 14.2 Å². The van der Waals surface area contributed by atoms with Crippen molar-refractivity contribution >= 4 is 11.6 Å². The molecule has 0 radical (unpaired) electrons. The molecule has 3 rings (SSSR count). The first-order chi connectivity index (χ1) is 12.6. The number of ether oxygens (including phenoxy) is 2. The van der Waals surface area contributed by atoms with Gasteiger partial charge in [-0.05, 0) is 42.5 Å². The van der Waals surface area contributed by atoms with Gasteiger partial charge in [-0.15, -0.1) is 0 Å². The number of hydrogen-bond donors (Lipinski definition) is 1. The van der Waals surface area contributed by atoms with Crippen molar-refractivity contribution in [1.29, 1.82) is 0 Å². The van der Waals surface area contributed by atoms with Crippen molar-refractivity contribution in [2.75, 3.05) is 46.1 Å². The molecular weight excluding hydrogens is 330 g/mol. The number of methoxy groups -OCH3 is 2. The van der Waals surface area contributed by atoms with Crippen molar-refractivity contribution in [3.05, 3.63) is 53.6 Å². The molecule has 0 aliphatic carbocycles. The molecule has 1 saturated heterocycles. The fraction of sp³-hybridized carbons (Fsp3) is 0.350. The first-order valence-electron chi connectivity index (χ1n) is 8.69. The second-order valence-electron chi connectivity index (χ2n) is 6.37. The fourth-order valence-electron chi connectivity index (χ4n) is 3.16. The topological polar surface area (TPSA) is 68.0 Å². The third kappa shape index (κ3) is 4.08. The summed E-state index contributed by atoms with van der Waals surface area (Å²) < 4.78 is 10.8. The smallest absolute Gasteiger partial charge is 0.253 e. The molecule has 0 aromatic heterocycles. The van der Waals surface area contributed by atoms with E-state index in [1.165, 1.54) is 0 Å².